The van der Waals surface area contributed by atoms with Gasteiger partial charge in [-0.05, 0) is 48.4 Å². The van der Waals surface area contributed by atoms with E-state index < -0.39 is 0 Å². The van der Waals surface area contributed by atoms with Crippen LogP contribution in [0.5, 0.6) is 0 Å². The summed E-state index contributed by atoms with van der Waals surface area (Å²) in [7, 11) is 0. The maximum absolute atomic E-state index is 12.3. The number of carbonyl (C=O) groups is 1. The molecule has 2 N–H and O–H groups in total. The van der Waals surface area contributed by atoms with E-state index in [1.165, 1.54) is 0 Å². The summed E-state index contributed by atoms with van der Waals surface area (Å²) < 4.78 is 0. The number of fused-ring (bicyclic) bond motifs is 1. The van der Waals surface area contributed by atoms with Crippen LogP contribution in [-0.4, -0.2) is 15.9 Å². The van der Waals surface area contributed by atoms with Gasteiger partial charge in [0.1, 0.15) is 5.56 Å². The molecule has 1 unspecified atom stereocenters. The van der Waals surface area contributed by atoms with Crippen molar-refractivity contribution in [3.05, 3.63) is 63.3 Å². The van der Waals surface area contributed by atoms with E-state index in [1.807, 2.05) is 12.1 Å². The fourth-order valence-corrected chi connectivity index (χ4v) is 2.83. The standard InChI is InChI=1S/C17H19N3O2/c1-11-4-5-15-13(7-11)8-14(17(22)20-15)16(21)19-10-12-3-2-6-18-9-12/h2-3,6,8-9,11H,4-5,7,10H2,1H3,(H,19,21)(H,20,22). The predicted octanol–water partition coefficient (Wildman–Crippen LogP) is 1.82. The van der Waals surface area contributed by atoms with Gasteiger partial charge in [0.2, 0.25) is 0 Å². The van der Waals surface area contributed by atoms with Gasteiger partial charge >= 0.3 is 0 Å². The lowest BCUT2D eigenvalue weighted by atomic mass is 9.87. The Balaban J connectivity index is 1.78. The van der Waals surface area contributed by atoms with Crippen LogP contribution in [0.15, 0.2) is 35.4 Å². The maximum Gasteiger partial charge on any atom is 0.261 e. The van der Waals surface area contributed by atoms with Crippen molar-refractivity contribution in [2.75, 3.05) is 0 Å². The molecule has 5 heteroatoms. The lowest BCUT2D eigenvalue weighted by molar-refractivity contribution is 0.0949. The van der Waals surface area contributed by atoms with Crippen LogP contribution in [0.1, 0.15) is 40.5 Å². The van der Waals surface area contributed by atoms with Gasteiger partial charge in [0.05, 0.1) is 0 Å². The van der Waals surface area contributed by atoms with Crippen LogP contribution in [0.25, 0.3) is 0 Å². The summed E-state index contributed by atoms with van der Waals surface area (Å²) in [6.07, 6.45) is 6.24. The molecule has 114 valence electrons. The highest BCUT2D eigenvalue weighted by molar-refractivity contribution is 5.94. The lowest BCUT2D eigenvalue weighted by Gasteiger charge is -2.21. The summed E-state index contributed by atoms with van der Waals surface area (Å²) in [5.74, 6) is 0.246. The third kappa shape index (κ3) is 3.08. The van der Waals surface area contributed by atoms with Crippen LogP contribution in [-0.2, 0) is 19.4 Å². The predicted molar refractivity (Wildman–Crippen MR) is 83.7 cm³/mol. The zero-order valence-electron chi connectivity index (χ0n) is 12.6. The van der Waals surface area contributed by atoms with Gasteiger partial charge in [0.25, 0.3) is 11.5 Å². The number of hydrogen-bond acceptors (Lipinski definition) is 3. The first-order valence-electron chi connectivity index (χ1n) is 7.55. The lowest BCUT2D eigenvalue weighted by Crippen LogP contribution is -2.31. The van der Waals surface area contributed by atoms with E-state index in [4.69, 9.17) is 0 Å². The molecule has 1 aliphatic rings. The highest BCUT2D eigenvalue weighted by atomic mass is 16.2. The summed E-state index contributed by atoms with van der Waals surface area (Å²) in [4.78, 5) is 31.2. The number of H-pyrrole nitrogens is 1. The molecule has 0 saturated heterocycles. The molecule has 1 atom stereocenters. The molecule has 0 saturated carbocycles. The minimum absolute atomic E-state index is 0.191. The number of amides is 1. The zero-order chi connectivity index (χ0) is 15.5. The van der Waals surface area contributed by atoms with Crippen LogP contribution in [0.3, 0.4) is 0 Å². The van der Waals surface area contributed by atoms with Gasteiger partial charge in [-0.1, -0.05) is 13.0 Å². The first kappa shape index (κ1) is 14.5. The fraction of sp³-hybridized carbons (Fsp3) is 0.353. The molecule has 0 aliphatic heterocycles. The molecule has 1 aliphatic carbocycles. The van der Waals surface area contributed by atoms with Crippen LogP contribution < -0.4 is 10.9 Å². The number of aromatic nitrogens is 2. The molecular weight excluding hydrogens is 278 g/mol. The Bertz CT molecular complexity index is 737. The van der Waals surface area contributed by atoms with Crippen molar-refractivity contribution in [3.8, 4) is 0 Å². The Morgan fingerprint density at radius 3 is 3.14 bits per heavy atom. The zero-order valence-corrected chi connectivity index (χ0v) is 12.6. The quantitative estimate of drug-likeness (QED) is 0.907. The number of aryl methyl sites for hydroxylation is 1. The van der Waals surface area contributed by atoms with Crippen molar-refractivity contribution in [2.24, 2.45) is 5.92 Å². The molecule has 0 aromatic carbocycles. The molecule has 0 bridgehead atoms. The number of rotatable bonds is 3. The van der Waals surface area contributed by atoms with Crippen molar-refractivity contribution >= 4 is 5.91 Å². The Morgan fingerprint density at radius 1 is 1.50 bits per heavy atom. The minimum Gasteiger partial charge on any atom is -0.348 e. The topological polar surface area (TPSA) is 74.8 Å². The maximum atomic E-state index is 12.3. The Labute approximate surface area is 128 Å². The second-order valence-corrected chi connectivity index (χ2v) is 5.91. The number of nitrogens with one attached hydrogen (secondary N) is 2. The summed E-state index contributed by atoms with van der Waals surface area (Å²) in [5, 5.41) is 2.78. The van der Waals surface area contributed by atoms with Crippen LogP contribution in [0.4, 0.5) is 0 Å². The first-order chi connectivity index (χ1) is 10.6. The van der Waals surface area contributed by atoms with Gasteiger partial charge < -0.3 is 10.3 Å². The van der Waals surface area contributed by atoms with Crippen molar-refractivity contribution in [2.45, 2.75) is 32.7 Å². The fourth-order valence-electron chi connectivity index (χ4n) is 2.83. The van der Waals surface area contributed by atoms with E-state index in [0.717, 1.165) is 36.1 Å². The smallest absolute Gasteiger partial charge is 0.261 e. The molecule has 2 aromatic heterocycles. The van der Waals surface area contributed by atoms with Crippen LogP contribution in [0, 0.1) is 5.92 Å². The summed E-state index contributed by atoms with van der Waals surface area (Å²) in [5.41, 5.74) is 2.85. The summed E-state index contributed by atoms with van der Waals surface area (Å²) in [6.45, 7) is 2.55. The molecular formula is C17H19N3O2. The second kappa shape index (κ2) is 6.13. The Hall–Kier alpha value is -2.43. The molecule has 1 amide bonds. The normalized spacial score (nSPS) is 16.9. The number of carbonyl (C=O) groups excluding carboxylic acids is 1. The highest BCUT2D eigenvalue weighted by Crippen LogP contribution is 2.23. The van der Waals surface area contributed by atoms with E-state index in [2.05, 4.69) is 22.2 Å². The van der Waals surface area contributed by atoms with Crippen molar-refractivity contribution in [1.82, 2.24) is 15.3 Å². The molecule has 5 nitrogen and oxygen atoms in total. The van der Waals surface area contributed by atoms with E-state index in [1.54, 1.807) is 18.5 Å². The van der Waals surface area contributed by atoms with Crippen molar-refractivity contribution in [3.63, 3.8) is 0 Å². The van der Waals surface area contributed by atoms with Gasteiger partial charge in [-0.2, -0.15) is 0 Å². The Morgan fingerprint density at radius 2 is 2.36 bits per heavy atom. The van der Waals surface area contributed by atoms with Crippen molar-refractivity contribution in [1.29, 1.82) is 0 Å². The molecule has 2 heterocycles. The van der Waals surface area contributed by atoms with Crippen LogP contribution in [0.2, 0.25) is 0 Å². The minimum atomic E-state index is -0.342. The Kier molecular flexibility index (Phi) is 4.04. The third-order valence-electron chi connectivity index (χ3n) is 4.09. The van der Waals surface area contributed by atoms with Crippen LogP contribution >= 0.6 is 0 Å². The number of nitrogens with zero attached hydrogens (tertiary/aromatic N) is 1. The summed E-state index contributed by atoms with van der Waals surface area (Å²) in [6, 6.07) is 5.45. The van der Waals surface area contributed by atoms with Crippen molar-refractivity contribution < 1.29 is 4.79 Å². The second-order valence-electron chi connectivity index (χ2n) is 5.91. The largest absolute Gasteiger partial charge is 0.348 e. The first-order valence-corrected chi connectivity index (χ1v) is 7.55. The van der Waals surface area contributed by atoms with Gasteiger partial charge in [-0.15, -0.1) is 0 Å². The molecule has 3 rings (SSSR count). The van der Waals surface area contributed by atoms with E-state index >= 15 is 0 Å². The molecule has 0 radical (unpaired) electrons. The number of hydrogen-bond donors (Lipinski definition) is 2. The number of pyridine rings is 2. The average Bonchev–Trinajstić information content (AvgIpc) is 2.53. The molecule has 22 heavy (non-hydrogen) atoms. The monoisotopic (exact) mass is 297 g/mol. The molecule has 0 spiro atoms. The summed E-state index contributed by atoms with van der Waals surface area (Å²) >= 11 is 0. The molecule has 0 fully saturated rings. The van der Waals surface area contributed by atoms with Gasteiger partial charge in [0, 0.05) is 24.6 Å². The third-order valence-corrected chi connectivity index (χ3v) is 4.09. The SMILES string of the molecule is CC1CCc2[nH]c(=O)c(C(=O)NCc3cccnc3)cc2C1. The number of aromatic amines is 1. The van der Waals surface area contributed by atoms with Gasteiger partial charge in [-0.3, -0.25) is 14.6 Å². The van der Waals surface area contributed by atoms with Gasteiger partial charge in [0.15, 0.2) is 0 Å². The van der Waals surface area contributed by atoms with E-state index in [0.29, 0.717) is 12.5 Å². The molecule has 2 aromatic rings. The highest BCUT2D eigenvalue weighted by Gasteiger charge is 2.19. The van der Waals surface area contributed by atoms with E-state index in [-0.39, 0.29) is 17.0 Å². The average molecular weight is 297 g/mol. The van der Waals surface area contributed by atoms with E-state index in [9.17, 15) is 9.59 Å². The van der Waals surface area contributed by atoms with Gasteiger partial charge in [-0.25, -0.2) is 0 Å².